The van der Waals surface area contributed by atoms with Crippen molar-refractivity contribution in [2.45, 2.75) is 29.2 Å². The van der Waals surface area contributed by atoms with Gasteiger partial charge in [0.05, 0.1) is 0 Å². The largest absolute Gasteiger partial charge is 0.484 e. The van der Waals surface area contributed by atoms with Crippen molar-refractivity contribution in [1.82, 2.24) is 10.2 Å². The van der Waals surface area contributed by atoms with Gasteiger partial charge in [0, 0.05) is 35.3 Å². The normalized spacial score (nSPS) is 14.0. The van der Waals surface area contributed by atoms with E-state index in [0.29, 0.717) is 38.2 Å². The summed E-state index contributed by atoms with van der Waals surface area (Å²) in [6.07, 6.45) is 1.34. The van der Waals surface area contributed by atoms with E-state index in [1.807, 2.05) is 60.7 Å². The van der Waals surface area contributed by atoms with Gasteiger partial charge in [0.2, 0.25) is 5.91 Å². The van der Waals surface area contributed by atoms with Gasteiger partial charge in [-0.25, -0.2) is 0 Å². The Kier molecular flexibility index (Phi) is 8.04. The Morgan fingerprint density at radius 2 is 1.52 bits per heavy atom. The van der Waals surface area contributed by atoms with E-state index in [1.54, 1.807) is 16.7 Å². The Bertz CT molecular complexity index is 1050. The fourth-order valence-electron chi connectivity index (χ4n) is 3.84. The van der Waals surface area contributed by atoms with Crippen LogP contribution in [0.2, 0.25) is 0 Å². The van der Waals surface area contributed by atoms with Gasteiger partial charge in [0.15, 0.2) is 6.61 Å². The highest BCUT2D eigenvalue weighted by molar-refractivity contribution is 7.99. The number of nitrogens with one attached hydrogen (secondary N) is 1. The molecule has 5 nitrogen and oxygen atoms in total. The van der Waals surface area contributed by atoms with Gasteiger partial charge < -0.3 is 15.0 Å². The molecule has 1 fully saturated rings. The van der Waals surface area contributed by atoms with Crippen LogP contribution >= 0.6 is 11.8 Å². The van der Waals surface area contributed by atoms with Gasteiger partial charge >= 0.3 is 0 Å². The molecule has 2 amide bonds. The zero-order valence-corrected chi connectivity index (χ0v) is 19.3. The molecule has 0 atom stereocenters. The smallest absolute Gasteiger partial charge is 0.260 e. The molecule has 4 rings (SSSR count). The van der Waals surface area contributed by atoms with Crippen LogP contribution in [0.5, 0.6) is 5.75 Å². The van der Waals surface area contributed by atoms with Gasteiger partial charge in [-0.1, -0.05) is 66.4 Å². The molecular formula is C27H28N2O3S. The van der Waals surface area contributed by atoms with Crippen LogP contribution in [-0.4, -0.2) is 36.4 Å². The molecule has 1 aliphatic heterocycles. The van der Waals surface area contributed by atoms with Crippen molar-refractivity contribution in [3.63, 3.8) is 0 Å². The van der Waals surface area contributed by atoms with E-state index >= 15 is 0 Å². The first-order valence-corrected chi connectivity index (χ1v) is 12.0. The highest BCUT2D eigenvalue weighted by atomic mass is 32.2. The molecule has 0 bridgehead atoms. The Hall–Kier alpha value is -3.25. The zero-order valence-electron chi connectivity index (χ0n) is 18.5. The third kappa shape index (κ3) is 6.62. The molecule has 33 heavy (non-hydrogen) atoms. The number of hydrogen-bond donors (Lipinski definition) is 1. The Morgan fingerprint density at radius 1 is 0.879 bits per heavy atom. The lowest BCUT2D eigenvalue weighted by Gasteiger charge is -2.31. The number of hydrogen-bond acceptors (Lipinski definition) is 4. The lowest BCUT2D eigenvalue weighted by Crippen LogP contribution is -2.44. The number of carbonyl (C=O) groups is 2. The number of rotatable bonds is 8. The molecule has 0 aliphatic carbocycles. The summed E-state index contributed by atoms with van der Waals surface area (Å²) in [6, 6.07) is 27.7. The molecule has 3 aromatic carbocycles. The monoisotopic (exact) mass is 460 g/mol. The maximum atomic E-state index is 12.8. The zero-order chi connectivity index (χ0) is 22.9. The summed E-state index contributed by atoms with van der Waals surface area (Å²) in [6.45, 7) is 1.68. The van der Waals surface area contributed by atoms with Gasteiger partial charge in [-0.05, 0) is 48.7 Å². The second-order valence-electron chi connectivity index (χ2n) is 8.00. The maximum absolute atomic E-state index is 12.8. The van der Waals surface area contributed by atoms with E-state index in [-0.39, 0.29) is 24.3 Å². The van der Waals surface area contributed by atoms with E-state index in [2.05, 4.69) is 29.6 Å². The van der Waals surface area contributed by atoms with Gasteiger partial charge in [-0.15, -0.1) is 0 Å². The van der Waals surface area contributed by atoms with Crippen molar-refractivity contribution in [3.8, 4) is 5.75 Å². The molecule has 0 radical (unpaired) electrons. The average Bonchev–Trinajstić information content (AvgIpc) is 2.88. The summed E-state index contributed by atoms with van der Waals surface area (Å²) in [5.41, 5.74) is 1.10. The fraction of sp³-hybridized carbons (Fsp3) is 0.259. The van der Waals surface area contributed by atoms with E-state index in [1.165, 1.54) is 4.90 Å². The number of carbonyl (C=O) groups excluding carboxylic acids is 2. The molecule has 1 N–H and O–H groups in total. The summed E-state index contributed by atoms with van der Waals surface area (Å²) in [4.78, 5) is 29.3. The van der Waals surface area contributed by atoms with Crippen LogP contribution in [0.4, 0.5) is 0 Å². The van der Waals surface area contributed by atoms with Crippen LogP contribution in [0, 0.1) is 5.92 Å². The highest BCUT2D eigenvalue weighted by Crippen LogP contribution is 2.30. The second kappa shape index (κ2) is 11.6. The number of nitrogens with zero attached hydrogens (tertiary/aromatic N) is 1. The van der Waals surface area contributed by atoms with Crippen LogP contribution in [0.1, 0.15) is 18.4 Å². The third-order valence-corrected chi connectivity index (χ3v) is 6.85. The van der Waals surface area contributed by atoms with Gasteiger partial charge in [-0.2, -0.15) is 0 Å². The molecule has 1 heterocycles. The minimum atomic E-state index is -0.0713. The predicted molar refractivity (Wildman–Crippen MR) is 130 cm³/mol. The lowest BCUT2D eigenvalue weighted by atomic mass is 9.96. The first-order valence-electron chi connectivity index (χ1n) is 11.2. The second-order valence-corrected chi connectivity index (χ2v) is 9.11. The molecule has 0 spiro atoms. The molecule has 3 aromatic rings. The first kappa shape index (κ1) is 22.9. The molecular weight excluding hydrogens is 432 g/mol. The Balaban J connectivity index is 1.23. The lowest BCUT2D eigenvalue weighted by molar-refractivity contribution is -0.137. The van der Waals surface area contributed by atoms with Crippen molar-refractivity contribution in [3.05, 3.63) is 90.5 Å². The highest BCUT2D eigenvalue weighted by Gasteiger charge is 2.27. The van der Waals surface area contributed by atoms with Crippen molar-refractivity contribution < 1.29 is 14.3 Å². The van der Waals surface area contributed by atoms with Crippen molar-refractivity contribution in [2.75, 3.05) is 19.7 Å². The quantitative estimate of drug-likeness (QED) is 0.526. The topological polar surface area (TPSA) is 58.6 Å². The van der Waals surface area contributed by atoms with Gasteiger partial charge in [0.25, 0.3) is 5.91 Å². The SMILES string of the molecule is O=C(NCc1ccccc1Sc1ccccc1)C1CCN(C(=O)COc2ccccc2)CC1. The third-order valence-electron chi connectivity index (χ3n) is 5.72. The summed E-state index contributed by atoms with van der Waals surface area (Å²) >= 11 is 1.70. The predicted octanol–water partition coefficient (Wildman–Crippen LogP) is 4.77. The summed E-state index contributed by atoms with van der Waals surface area (Å²) in [5, 5.41) is 3.11. The van der Waals surface area contributed by atoms with Crippen molar-refractivity contribution >= 4 is 23.6 Å². The van der Waals surface area contributed by atoms with Crippen LogP contribution in [0.25, 0.3) is 0 Å². The standard InChI is InChI=1S/C27H28N2O3S/c30-26(20-32-23-10-3-1-4-11-23)29-17-15-21(16-18-29)27(31)28-19-22-9-7-8-14-25(22)33-24-12-5-2-6-13-24/h1-14,21H,15-20H2,(H,28,31). The fourth-order valence-corrected chi connectivity index (χ4v) is 4.80. The average molecular weight is 461 g/mol. The minimum Gasteiger partial charge on any atom is -0.484 e. The van der Waals surface area contributed by atoms with Crippen LogP contribution in [0.15, 0.2) is 94.7 Å². The molecule has 170 valence electrons. The van der Waals surface area contributed by atoms with E-state index < -0.39 is 0 Å². The Morgan fingerprint density at radius 3 is 2.24 bits per heavy atom. The minimum absolute atomic E-state index is 0.0245. The Labute approximate surface area is 199 Å². The van der Waals surface area contributed by atoms with Crippen LogP contribution in [0.3, 0.4) is 0 Å². The number of amides is 2. The van der Waals surface area contributed by atoms with E-state index in [4.69, 9.17) is 4.74 Å². The first-order chi connectivity index (χ1) is 16.2. The summed E-state index contributed by atoms with van der Waals surface area (Å²) in [5.74, 6) is 0.635. The number of benzene rings is 3. The summed E-state index contributed by atoms with van der Waals surface area (Å²) in [7, 11) is 0. The molecule has 1 saturated heterocycles. The van der Waals surface area contributed by atoms with Crippen molar-refractivity contribution in [2.24, 2.45) is 5.92 Å². The van der Waals surface area contributed by atoms with Crippen LogP contribution in [-0.2, 0) is 16.1 Å². The van der Waals surface area contributed by atoms with E-state index in [9.17, 15) is 9.59 Å². The van der Waals surface area contributed by atoms with Gasteiger partial charge in [-0.3, -0.25) is 9.59 Å². The van der Waals surface area contributed by atoms with Crippen molar-refractivity contribution in [1.29, 1.82) is 0 Å². The number of piperidine rings is 1. The van der Waals surface area contributed by atoms with Crippen LogP contribution < -0.4 is 10.1 Å². The van der Waals surface area contributed by atoms with E-state index in [0.717, 1.165) is 10.5 Å². The maximum Gasteiger partial charge on any atom is 0.260 e. The number of para-hydroxylation sites is 1. The summed E-state index contributed by atoms with van der Waals surface area (Å²) < 4.78 is 5.56. The number of ether oxygens (including phenoxy) is 1. The van der Waals surface area contributed by atoms with Gasteiger partial charge in [0.1, 0.15) is 5.75 Å². The molecule has 0 unspecified atom stereocenters. The number of likely N-dealkylation sites (tertiary alicyclic amines) is 1. The molecule has 1 aliphatic rings. The molecule has 6 heteroatoms. The molecule has 0 aromatic heterocycles. The molecule has 0 saturated carbocycles.